The van der Waals surface area contributed by atoms with Crippen LogP contribution in [0.1, 0.15) is 23.7 Å². The van der Waals surface area contributed by atoms with Gasteiger partial charge in [0.15, 0.2) is 0 Å². The summed E-state index contributed by atoms with van der Waals surface area (Å²) >= 11 is 0. The molecule has 0 saturated heterocycles. The molecule has 0 aliphatic heterocycles. The fraction of sp³-hybridized carbons (Fsp3) is 0.278. The predicted molar refractivity (Wildman–Crippen MR) is 87.4 cm³/mol. The molecule has 0 atom stereocenters. The van der Waals surface area contributed by atoms with E-state index in [1.165, 1.54) is 22.0 Å². The standard InChI is InChI=1S/C18H21N3/c1-3-14-8-10-15(11-9-14)13-21-18-7-5-4-6-16(18)17(20-21)12-19-2/h4-11,19H,3,12-13H2,1-2H3. The fourth-order valence-corrected chi connectivity index (χ4v) is 2.67. The lowest BCUT2D eigenvalue weighted by molar-refractivity contribution is 0.676. The van der Waals surface area contributed by atoms with Crippen molar-refractivity contribution in [2.24, 2.45) is 0 Å². The Morgan fingerprint density at radius 3 is 2.43 bits per heavy atom. The predicted octanol–water partition coefficient (Wildman–Crippen LogP) is 3.37. The monoisotopic (exact) mass is 279 g/mol. The number of aromatic nitrogens is 2. The van der Waals surface area contributed by atoms with Crippen LogP contribution in [0.3, 0.4) is 0 Å². The zero-order chi connectivity index (χ0) is 14.7. The van der Waals surface area contributed by atoms with Crippen molar-refractivity contribution < 1.29 is 0 Å². The second-order valence-corrected chi connectivity index (χ2v) is 5.32. The maximum atomic E-state index is 4.77. The molecule has 108 valence electrons. The number of nitrogens with one attached hydrogen (secondary N) is 1. The second-order valence-electron chi connectivity index (χ2n) is 5.32. The van der Waals surface area contributed by atoms with Crippen LogP contribution >= 0.6 is 0 Å². The molecule has 0 spiro atoms. The molecule has 0 amide bonds. The third-order valence-electron chi connectivity index (χ3n) is 3.84. The molecule has 3 nitrogen and oxygen atoms in total. The molecule has 1 heterocycles. The van der Waals surface area contributed by atoms with Crippen molar-refractivity contribution in [3.8, 4) is 0 Å². The first kappa shape index (κ1) is 13.8. The van der Waals surface area contributed by atoms with Gasteiger partial charge in [-0.05, 0) is 30.7 Å². The molecule has 1 aromatic heterocycles. The van der Waals surface area contributed by atoms with Gasteiger partial charge in [-0.15, -0.1) is 0 Å². The number of rotatable bonds is 5. The lowest BCUT2D eigenvalue weighted by Gasteiger charge is -2.05. The van der Waals surface area contributed by atoms with E-state index in [4.69, 9.17) is 5.10 Å². The summed E-state index contributed by atoms with van der Waals surface area (Å²) in [5.41, 5.74) is 4.97. The van der Waals surface area contributed by atoms with Crippen molar-refractivity contribution >= 4 is 10.9 Å². The molecule has 3 aromatic rings. The maximum Gasteiger partial charge on any atom is 0.0841 e. The lowest BCUT2D eigenvalue weighted by Crippen LogP contribution is -2.07. The van der Waals surface area contributed by atoms with Crippen molar-refractivity contribution in [1.29, 1.82) is 0 Å². The largest absolute Gasteiger partial charge is 0.314 e. The van der Waals surface area contributed by atoms with Crippen molar-refractivity contribution in [1.82, 2.24) is 15.1 Å². The first-order valence-corrected chi connectivity index (χ1v) is 7.48. The highest BCUT2D eigenvalue weighted by atomic mass is 15.3. The van der Waals surface area contributed by atoms with E-state index >= 15 is 0 Å². The van der Waals surface area contributed by atoms with Gasteiger partial charge in [0.25, 0.3) is 0 Å². The van der Waals surface area contributed by atoms with Crippen LogP contribution in [0.5, 0.6) is 0 Å². The van der Waals surface area contributed by atoms with Crippen LogP contribution in [-0.2, 0) is 19.5 Å². The minimum absolute atomic E-state index is 0.794. The highest BCUT2D eigenvalue weighted by Crippen LogP contribution is 2.19. The van der Waals surface area contributed by atoms with Crippen molar-refractivity contribution in [3.05, 3.63) is 65.4 Å². The van der Waals surface area contributed by atoms with E-state index in [1.807, 2.05) is 7.05 Å². The van der Waals surface area contributed by atoms with Crippen LogP contribution in [0.15, 0.2) is 48.5 Å². The van der Waals surface area contributed by atoms with Gasteiger partial charge in [-0.1, -0.05) is 49.4 Å². The molecule has 0 aliphatic carbocycles. The van der Waals surface area contributed by atoms with Crippen LogP contribution < -0.4 is 5.32 Å². The Morgan fingerprint density at radius 1 is 1.00 bits per heavy atom. The molecule has 0 saturated carbocycles. The van der Waals surface area contributed by atoms with Crippen LogP contribution in [0, 0.1) is 0 Å². The first-order valence-electron chi connectivity index (χ1n) is 7.48. The highest BCUT2D eigenvalue weighted by Gasteiger charge is 2.09. The SMILES string of the molecule is CCc1ccc(Cn2nc(CNC)c3ccccc32)cc1. The highest BCUT2D eigenvalue weighted by molar-refractivity contribution is 5.82. The van der Waals surface area contributed by atoms with E-state index in [1.54, 1.807) is 0 Å². The van der Waals surface area contributed by atoms with Gasteiger partial charge in [-0.25, -0.2) is 0 Å². The minimum atomic E-state index is 0.794. The second kappa shape index (κ2) is 6.10. The summed E-state index contributed by atoms with van der Waals surface area (Å²) in [6.45, 7) is 3.79. The average Bonchev–Trinajstić information content (AvgIpc) is 2.87. The molecule has 3 rings (SSSR count). The van der Waals surface area contributed by atoms with Crippen molar-refractivity contribution in [2.75, 3.05) is 7.05 Å². The summed E-state index contributed by atoms with van der Waals surface area (Å²) in [7, 11) is 1.96. The third kappa shape index (κ3) is 2.83. The molecular weight excluding hydrogens is 258 g/mol. The summed E-state index contributed by atoms with van der Waals surface area (Å²) in [6.07, 6.45) is 1.08. The third-order valence-corrected chi connectivity index (χ3v) is 3.84. The summed E-state index contributed by atoms with van der Waals surface area (Å²) < 4.78 is 2.10. The van der Waals surface area contributed by atoms with Gasteiger partial charge in [-0.3, -0.25) is 4.68 Å². The molecule has 21 heavy (non-hydrogen) atoms. The summed E-state index contributed by atoms with van der Waals surface area (Å²) in [6, 6.07) is 17.2. The lowest BCUT2D eigenvalue weighted by atomic mass is 10.1. The van der Waals surface area contributed by atoms with E-state index in [2.05, 4.69) is 65.5 Å². The summed E-state index contributed by atoms with van der Waals surface area (Å²) in [5, 5.41) is 9.20. The molecular formula is C18H21N3. The molecule has 3 heteroatoms. The van der Waals surface area contributed by atoms with Crippen LogP contribution in [0.25, 0.3) is 10.9 Å². The molecule has 0 aliphatic rings. The zero-order valence-electron chi connectivity index (χ0n) is 12.6. The van der Waals surface area contributed by atoms with Crippen LogP contribution in [0.4, 0.5) is 0 Å². The molecule has 0 unspecified atom stereocenters. The average molecular weight is 279 g/mol. The Labute approximate surface area is 125 Å². The summed E-state index contributed by atoms with van der Waals surface area (Å²) in [4.78, 5) is 0. The molecule has 0 radical (unpaired) electrons. The van der Waals surface area contributed by atoms with Crippen LogP contribution in [-0.4, -0.2) is 16.8 Å². The number of hydrogen-bond donors (Lipinski definition) is 1. The Balaban J connectivity index is 1.95. The molecule has 1 N–H and O–H groups in total. The normalized spacial score (nSPS) is 11.1. The van der Waals surface area contributed by atoms with Crippen molar-refractivity contribution in [2.45, 2.75) is 26.4 Å². The van der Waals surface area contributed by atoms with E-state index in [0.717, 1.165) is 25.2 Å². The Hall–Kier alpha value is -2.13. The maximum absolute atomic E-state index is 4.77. The van der Waals surface area contributed by atoms with E-state index < -0.39 is 0 Å². The smallest absolute Gasteiger partial charge is 0.0841 e. The Kier molecular flexibility index (Phi) is 4.02. The summed E-state index contributed by atoms with van der Waals surface area (Å²) in [5.74, 6) is 0. The number of aryl methyl sites for hydroxylation is 1. The van der Waals surface area contributed by atoms with Gasteiger partial charge in [0.05, 0.1) is 17.8 Å². The first-order chi connectivity index (χ1) is 10.3. The zero-order valence-corrected chi connectivity index (χ0v) is 12.6. The Morgan fingerprint density at radius 2 is 1.71 bits per heavy atom. The van der Waals surface area contributed by atoms with E-state index in [9.17, 15) is 0 Å². The Bertz CT molecular complexity index is 726. The number of para-hydroxylation sites is 1. The minimum Gasteiger partial charge on any atom is -0.314 e. The molecule has 0 bridgehead atoms. The van der Waals surface area contributed by atoms with Gasteiger partial charge in [0, 0.05) is 11.9 Å². The van der Waals surface area contributed by atoms with Gasteiger partial charge < -0.3 is 5.32 Å². The van der Waals surface area contributed by atoms with Crippen LogP contribution in [0.2, 0.25) is 0 Å². The fourth-order valence-electron chi connectivity index (χ4n) is 2.67. The quantitative estimate of drug-likeness (QED) is 0.776. The van der Waals surface area contributed by atoms with Gasteiger partial charge >= 0.3 is 0 Å². The van der Waals surface area contributed by atoms with Gasteiger partial charge in [0.2, 0.25) is 0 Å². The van der Waals surface area contributed by atoms with E-state index in [0.29, 0.717) is 0 Å². The number of fused-ring (bicyclic) bond motifs is 1. The molecule has 0 fully saturated rings. The van der Waals surface area contributed by atoms with Gasteiger partial charge in [0.1, 0.15) is 0 Å². The number of benzene rings is 2. The number of nitrogens with zero attached hydrogens (tertiary/aromatic N) is 2. The van der Waals surface area contributed by atoms with Crippen molar-refractivity contribution in [3.63, 3.8) is 0 Å². The molecule has 2 aromatic carbocycles. The number of hydrogen-bond acceptors (Lipinski definition) is 2. The topological polar surface area (TPSA) is 29.9 Å². The van der Waals surface area contributed by atoms with Gasteiger partial charge in [-0.2, -0.15) is 5.10 Å². The van der Waals surface area contributed by atoms with E-state index in [-0.39, 0.29) is 0 Å².